The molecule has 0 saturated carbocycles. The number of anilines is 6. The standard InChI is InChI=1S/C43H47BN2S/c1-27-13-11-12-14-35(27)46-37-22-20-32(47)26-34(37)44-33-23-29(42(5,6)7)17-21-36(33)45(31-18-15-28(16-19-31)41(2,3)4)38-24-30(43(8,9)10)25-39(46)40(38)44/h11-26,47H,1-10H3. The summed E-state index contributed by atoms with van der Waals surface area (Å²) in [6, 6.07) is 36.9. The van der Waals surface area contributed by atoms with Gasteiger partial charge in [0.25, 0.3) is 6.71 Å². The Bertz CT molecular complexity index is 2020. The van der Waals surface area contributed by atoms with E-state index in [2.05, 4.69) is 176 Å². The molecule has 0 atom stereocenters. The summed E-state index contributed by atoms with van der Waals surface area (Å²) in [6.45, 7) is 23.1. The van der Waals surface area contributed by atoms with E-state index in [1.54, 1.807) is 0 Å². The third-order valence-corrected chi connectivity index (χ3v) is 10.4. The average Bonchev–Trinajstić information content (AvgIpc) is 3.00. The molecule has 0 amide bonds. The fourth-order valence-corrected chi connectivity index (χ4v) is 7.57. The first-order chi connectivity index (χ1) is 22.0. The van der Waals surface area contributed by atoms with E-state index in [4.69, 9.17) is 12.6 Å². The van der Waals surface area contributed by atoms with E-state index in [0.717, 1.165) is 4.90 Å². The van der Waals surface area contributed by atoms with Crippen LogP contribution in [0.2, 0.25) is 0 Å². The van der Waals surface area contributed by atoms with E-state index in [9.17, 15) is 0 Å². The van der Waals surface area contributed by atoms with Gasteiger partial charge in [-0.15, -0.1) is 12.6 Å². The monoisotopic (exact) mass is 634 g/mol. The van der Waals surface area contributed by atoms with E-state index < -0.39 is 0 Å². The van der Waals surface area contributed by atoms with Gasteiger partial charge in [-0.05, 0) is 110 Å². The normalized spacial score (nSPS) is 14.1. The Kier molecular flexibility index (Phi) is 7.30. The Morgan fingerprint density at radius 2 is 1.02 bits per heavy atom. The van der Waals surface area contributed by atoms with E-state index in [1.807, 2.05) is 0 Å². The van der Waals surface area contributed by atoms with Crippen molar-refractivity contribution in [2.45, 2.75) is 90.4 Å². The molecule has 0 radical (unpaired) electrons. The molecular weight excluding hydrogens is 587 g/mol. The number of rotatable bonds is 2. The molecule has 0 fully saturated rings. The number of aryl methyl sites for hydroxylation is 1. The van der Waals surface area contributed by atoms with Crippen LogP contribution in [0.1, 0.15) is 84.6 Å². The van der Waals surface area contributed by atoms with Crippen molar-refractivity contribution in [1.29, 1.82) is 0 Å². The van der Waals surface area contributed by atoms with E-state index >= 15 is 0 Å². The highest BCUT2D eigenvalue weighted by Crippen LogP contribution is 2.47. The zero-order valence-electron chi connectivity index (χ0n) is 29.7. The van der Waals surface area contributed by atoms with Crippen molar-refractivity contribution >= 4 is 69.9 Å². The summed E-state index contributed by atoms with van der Waals surface area (Å²) in [5.74, 6) is 0. The molecule has 0 N–H and O–H groups in total. The summed E-state index contributed by atoms with van der Waals surface area (Å²) < 4.78 is 0. The zero-order valence-corrected chi connectivity index (χ0v) is 30.6. The zero-order chi connectivity index (χ0) is 33.6. The lowest BCUT2D eigenvalue weighted by Crippen LogP contribution is -2.61. The lowest BCUT2D eigenvalue weighted by atomic mass is 9.33. The highest BCUT2D eigenvalue weighted by molar-refractivity contribution is 7.80. The largest absolute Gasteiger partial charge is 0.311 e. The second-order valence-electron chi connectivity index (χ2n) is 16.6. The first kappa shape index (κ1) is 31.7. The Labute approximate surface area is 288 Å². The van der Waals surface area contributed by atoms with Gasteiger partial charge in [-0.3, -0.25) is 0 Å². The van der Waals surface area contributed by atoms with Crippen molar-refractivity contribution in [2.75, 3.05) is 9.80 Å². The Balaban J connectivity index is 1.62. The number of thiol groups is 1. The first-order valence-electron chi connectivity index (χ1n) is 17.0. The SMILES string of the molecule is Cc1ccccc1N1c2ccc(S)cc2B2c3cc(C(C)(C)C)ccc3N(c3ccc(C(C)(C)C)cc3)c3cc(C(C)(C)C)cc1c32. The molecule has 2 aliphatic heterocycles. The van der Waals surface area contributed by atoms with Gasteiger partial charge in [0.15, 0.2) is 0 Å². The van der Waals surface area contributed by atoms with Crippen molar-refractivity contribution in [1.82, 2.24) is 0 Å². The number of fused-ring (bicyclic) bond motifs is 4. The van der Waals surface area contributed by atoms with E-state index in [0.29, 0.717) is 0 Å². The molecule has 0 unspecified atom stereocenters. The highest BCUT2D eigenvalue weighted by atomic mass is 32.1. The molecule has 0 spiro atoms. The van der Waals surface area contributed by atoms with Crippen LogP contribution in [0.15, 0.2) is 102 Å². The molecular formula is C43H47BN2S. The molecule has 5 aromatic rings. The van der Waals surface area contributed by atoms with Crippen LogP contribution in [-0.2, 0) is 16.2 Å². The first-order valence-corrected chi connectivity index (χ1v) is 17.4. The second kappa shape index (κ2) is 10.8. The number of hydrogen-bond donors (Lipinski definition) is 1. The Morgan fingerprint density at radius 3 is 1.64 bits per heavy atom. The van der Waals surface area contributed by atoms with Gasteiger partial charge in [0.1, 0.15) is 0 Å². The third-order valence-electron chi connectivity index (χ3n) is 10.1. The lowest BCUT2D eigenvalue weighted by Gasteiger charge is -2.45. The molecule has 47 heavy (non-hydrogen) atoms. The topological polar surface area (TPSA) is 6.48 Å². The summed E-state index contributed by atoms with van der Waals surface area (Å²) >= 11 is 4.92. The second-order valence-corrected chi connectivity index (χ2v) is 17.1. The van der Waals surface area contributed by atoms with E-state index in [-0.39, 0.29) is 23.0 Å². The van der Waals surface area contributed by atoms with Crippen LogP contribution in [0.5, 0.6) is 0 Å². The molecule has 2 heterocycles. The van der Waals surface area contributed by atoms with Gasteiger partial charge in [0, 0.05) is 39.0 Å². The molecule has 5 aromatic carbocycles. The molecule has 0 bridgehead atoms. The summed E-state index contributed by atoms with van der Waals surface area (Å²) in [5.41, 5.74) is 16.7. The van der Waals surface area contributed by atoms with Crippen LogP contribution in [-0.4, -0.2) is 6.71 Å². The van der Waals surface area contributed by atoms with Gasteiger partial charge in [0.2, 0.25) is 0 Å². The van der Waals surface area contributed by atoms with Crippen molar-refractivity contribution in [3.05, 3.63) is 119 Å². The maximum absolute atomic E-state index is 4.92. The number of benzene rings is 5. The van der Waals surface area contributed by atoms with Crippen LogP contribution < -0.4 is 26.2 Å². The van der Waals surface area contributed by atoms with E-state index in [1.165, 1.54) is 72.8 Å². The molecule has 2 aliphatic rings. The number of nitrogens with zero attached hydrogens (tertiary/aromatic N) is 2. The molecule has 238 valence electrons. The van der Waals surface area contributed by atoms with Crippen LogP contribution in [0.4, 0.5) is 34.1 Å². The van der Waals surface area contributed by atoms with Gasteiger partial charge in [-0.1, -0.05) is 111 Å². The van der Waals surface area contributed by atoms with Crippen LogP contribution in [0, 0.1) is 6.92 Å². The van der Waals surface area contributed by atoms with Gasteiger partial charge in [0.05, 0.1) is 0 Å². The molecule has 7 rings (SSSR count). The quantitative estimate of drug-likeness (QED) is 0.149. The molecule has 0 aliphatic carbocycles. The minimum absolute atomic E-state index is 0.0174. The van der Waals surface area contributed by atoms with Crippen molar-refractivity contribution in [2.24, 2.45) is 0 Å². The fraction of sp³-hybridized carbons (Fsp3) is 0.302. The molecule has 4 heteroatoms. The number of para-hydroxylation sites is 1. The van der Waals surface area contributed by atoms with Crippen LogP contribution in [0.25, 0.3) is 0 Å². The Morgan fingerprint density at radius 1 is 0.489 bits per heavy atom. The molecule has 0 saturated heterocycles. The van der Waals surface area contributed by atoms with Crippen LogP contribution in [0.3, 0.4) is 0 Å². The van der Waals surface area contributed by atoms with Gasteiger partial charge in [-0.2, -0.15) is 0 Å². The van der Waals surface area contributed by atoms with Gasteiger partial charge >= 0.3 is 0 Å². The lowest BCUT2D eigenvalue weighted by molar-refractivity contribution is 0.589. The summed E-state index contributed by atoms with van der Waals surface area (Å²) in [7, 11) is 0. The predicted molar refractivity (Wildman–Crippen MR) is 209 cm³/mol. The van der Waals surface area contributed by atoms with Crippen LogP contribution >= 0.6 is 12.6 Å². The van der Waals surface area contributed by atoms with Gasteiger partial charge in [-0.25, -0.2) is 0 Å². The maximum Gasteiger partial charge on any atom is 0.252 e. The summed E-state index contributed by atoms with van der Waals surface area (Å²) in [5, 5.41) is 0. The average molecular weight is 635 g/mol. The fourth-order valence-electron chi connectivity index (χ4n) is 7.35. The third kappa shape index (κ3) is 5.30. The minimum atomic E-state index is -0.0498. The molecule has 0 aromatic heterocycles. The highest BCUT2D eigenvalue weighted by Gasteiger charge is 2.44. The van der Waals surface area contributed by atoms with Crippen molar-refractivity contribution in [3.8, 4) is 0 Å². The van der Waals surface area contributed by atoms with Crippen molar-refractivity contribution < 1.29 is 0 Å². The van der Waals surface area contributed by atoms with Crippen molar-refractivity contribution in [3.63, 3.8) is 0 Å². The minimum Gasteiger partial charge on any atom is -0.311 e. The Hall–Kier alpha value is -3.89. The summed E-state index contributed by atoms with van der Waals surface area (Å²) in [4.78, 5) is 6.03. The predicted octanol–water partition coefficient (Wildman–Crippen LogP) is 10.3. The smallest absolute Gasteiger partial charge is 0.252 e. The number of hydrogen-bond acceptors (Lipinski definition) is 3. The summed E-state index contributed by atoms with van der Waals surface area (Å²) in [6.07, 6.45) is 0. The maximum atomic E-state index is 4.92. The molecule has 2 nitrogen and oxygen atoms in total. The van der Waals surface area contributed by atoms with Gasteiger partial charge < -0.3 is 9.80 Å².